The predicted octanol–water partition coefficient (Wildman–Crippen LogP) is 5.28. The van der Waals surface area contributed by atoms with Crippen LogP contribution in [0.15, 0.2) is 39.3 Å². The molecule has 1 unspecified atom stereocenters. The van der Waals surface area contributed by atoms with Gasteiger partial charge in [0.2, 0.25) is 0 Å². The van der Waals surface area contributed by atoms with Crippen molar-refractivity contribution < 1.29 is 4.39 Å². The largest absolute Gasteiger partial charge is 0.309 e. The molecule has 4 heteroatoms. The number of halogens is 3. The van der Waals surface area contributed by atoms with E-state index >= 15 is 0 Å². The fourth-order valence-corrected chi connectivity index (χ4v) is 3.29. The van der Waals surface area contributed by atoms with Gasteiger partial charge in [-0.2, -0.15) is 0 Å². The van der Waals surface area contributed by atoms with Gasteiger partial charge < -0.3 is 5.32 Å². The predicted molar refractivity (Wildman–Crippen MR) is 88.6 cm³/mol. The zero-order chi connectivity index (χ0) is 14.9. The summed E-state index contributed by atoms with van der Waals surface area (Å²) in [5, 5.41) is 3.20. The highest BCUT2D eigenvalue weighted by molar-refractivity contribution is 9.11. The minimum atomic E-state index is -0.196. The van der Waals surface area contributed by atoms with E-state index in [0.717, 1.165) is 25.6 Å². The topological polar surface area (TPSA) is 12.0 Å². The van der Waals surface area contributed by atoms with Gasteiger partial charge >= 0.3 is 0 Å². The number of hydrogen-bond donors (Lipinski definition) is 1. The number of benzene rings is 2. The van der Waals surface area contributed by atoms with Gasteiger partial charge in [-0.05, 0) is 50.2 Å². The Bertz CT molecular complexity index is 641. The molecule has 2 rings (SSSR count). The molecule has 0 aliphatic rings. The van der Waals surface area contributed by atoms with Crippen LogP contribution in [0.4, 0.5) is 4.39 Å². The standard InChI is InChI=1S/C16H16Br2FN/c1-9-4-5-15(19)12(6-9)16(20-3)11-8-13(17)10(2)7-14(11)18/h4-8,16,20H,1-3H3. The van der Waals surface area contributed by atoms with Crippen molar-refractivity contribution in [3.05, 3.63) is 67.3 Å². The maximum Gasteiger partial charge on any atom is 0.128 e. The molecule has 0 radical (unpaired) electrons. The third-order valence-electron chi connectivity index (χ3n) is 3.34. The van der Waals surface area contributed by atoms with E-state index in [0.29, 0.717) is 5.56 Å². The molecule has 0 saturated heterocycles. The molecular weight excluding hydrogens is 385 g/mol. The summed E-state index contributed by atoms with van der Waals surface area (Å²) in [6.45, 7) is 4.00. The van der Waals surface area contributed by atoms with E-state index in [1.807, 2.05) is 39.1 Å². The highest BCUT2D eigenvalue weighted by atomic mass is 79.9. The molecule has 0 aromatic heterocycles. The number of aryl methyl sites for hydroxylation is 2. The molecule has 20 heavy (non-hydrogen) atoms. The highest BCUT2D eigenvalue weighted by Gasteiger charge is 2.19. The van der Waals surface area contributed by atoms with Crippen LogP contribution in [0.1, 0.15) is 28.3 Å². The summed E-state index contributed by atoms with van der Waals surface area (Å²) in [5.41, 5.74) is 3.85. The third kappa shape index (κ3) is 3.13. The normalized spacial score (nSPS) is 12.5. The molecule has 0 aliphatic carbocycles. The van der Waals surface area contributed by atoms with Gasteiger partial charge in [0, 0.05) is 14.5 Å². The lowest BCUT2D eigenvalue weighted by Crippen LogP contribution is -2.19. The lowest BCUT2D eigenvalue weighted by molar-refractivity contribution is 0.574. The molecule has 0 saturated carbocycles. The smallest absolute Gasteiger partial charge is 0.128 e. The van der Waals surface area contributed by atoms with Gasteiger partial charge in [0.05, 0.1) is 6.04 Å². The van der Waals surface area contributed by atoms with Crippen molar-refractivity contribution in [2.75, 3.05) is 7.05 Å². The van der Waals surface area contributed by atoms with E-state index in [9.17, 15) is 4.39 Å². The number of rotatable bonds is 3. The van der Waals surface area contributed by atoms with Gasteiger partial charge in [-0.15, -0.1) is 0 Å². The first-order valence-electron chi connectivity index (χ1n) is 6.33. The molecule has 1 nitrogen and oxygen atoms in total. The molecule has 0 amide bonds. The Balaban J connectivity index is 2.58. The second-order valence-electron chi connectivity index (χ2n) is 4.87. The summed E-state index contributed by atoms with van der Waals surface area (Å²) in [5.74, 6) is -0.196. The Hall–Kier alpha value is -0.710. The Labute approximate surface area is 135 Å². The van der Waals surface area contributed by atoms with Crippen LogP contribution in [0.25, 0.3) is 0 Å². The van der Waals surface area contributed by atoms with Crippen molar-refractivity contribution in [2.45, 2.75) is 19.9 Å². The van der Waals surface area contributed by atoms with Crippen LogP contribution in [0.5, 0.6) is 0 Å². The molecule has 0 aliphatic heterocycles. The first-order chi connectivity index (χ1) is 9.43. The lowest BCUT2D eigenvalue weighted by atomic mass is 9.96. The second-order valence-corrected chi connectivity index (χ2v) is 6.58. The van der Waals surface area contributed by atoms with Crippen molar-refractivity contribution in [1.82, 2.24) is 5.32 Å². The zero-order valence-electron chi connectivity index (χ0n) is 11.6. The summed E-state index contributed by atoms with van der Waals surface area (Å²) >= 11 is 7.12. The zero-order valence-corrected chi connectivity index (χ0v) is 14.8. The van der Waals surface area contributed by atoms with Crippen molar-refractivity contribution in [2.24, 2.45) is 0 Å². The quantitative estimate of drug-likeness (QED) is 0.739. The molecule has 1 atom stereocenters. The van der Waals surface area contributed by atoms with E-state index in [1.54, 1.807) is 6.07 Å². The molecular formula is C16H16Br2FN. The maximum atomic E-state index is 14.1. The Kier molecular flexibility index (Phi) is 4.99. The monoisotopic (exact) mass is 399 g/mol. The molecule has 0 fully saturated rings. The maximum absolute atomic E-state index is 14.1. The average Bonchev–Trinajstić information content (AvgIpc) is 2.40. The minimum Gasteiger partial charge on any atom is -0.309 e. The fraction of sp³-hybridized carbons (Fsp3) is 0.250. The van der Waals surface area contributed by atoms with Gasteiger partial charge in [-0.1, -0.05) is 49.6 Å². The van der Waals surface area contributed by atoms with Crippen LogP contribution >= 0.6 is 31.9 Å². The van der Waals surface area contributed by atoms with E-state index in [4.69, 9.17) is 0 Å². The van der Waals surface area contributed by atoms with Crippen LogP contribution in [0, 0.1) is 19.7 Å². The number of nitrogens with one attached hydrogen (secondary N) is 1. The summed E-state index contributed by atoms with van der Waals surface area (Å²) in [7, 11) is 1.84. The van der Waals surface area contributed by atoms with E-state index in [-0.39, 0.29) is 11.9 Å². The van der Waals surface area contributed by atoms with Crippen LogP contribution in [0.3, 0.4) is 0 Å². The first-order valence-corrected chi connectivity index (χ1v) is 7.91. The Morgan fingerprint density at radius 1 is 1.00 bits per heavy atom. The van der Waals surface area contributed by atoms with Gasteiger partial charge in [0.25, 0.3) is 0 Å². The van der Waals surface area contributed by atoms with E-state index in [2.05, 4.69) is 37.2 Å². The van der Waals surface area contributed by atoms with Gasteiger partial charge in [-0.3, -0.25) is 0 Å². The molecule has 0 spiro atoms. The fourth-order valence-electron chi connectivity index (χ4n) is 2.25. The van der Waals surface area contributed by atoms with Gasteiger partial charge in [-0.25, -0.2) is 4.39 Å². The highest BCUT2D eigenvalue weighted by Crippen LogP contribution is 2.34. The summed E-state index contributed by atoms with van der Waals surface area (Å²) in [6.07, 6.45) is 0. The number of hydrogen-bond acceptors (Lipinski definition) is 1. The Morgan fingerprint density at radius 3 is 2.35 bits per heavy atom. The molecule has 2 aromatic carbocycles. The van der Waals surface area contributed by atoms with Crippen LogP contribution in [0.2, 0.25) is 0 Å². The van der Waals surface area contributed by atoms with E-state index < -0.39 is 0 Å². The SMILES string of the molecule is CNC(c1cc(C)ccc1F)c1cc(Br)c(C)cc1Br. The summed E-state index contributed by atoms with van der Waals surface area (Å²) in [4.78, 5) is 0. The Morgan fingerprint density at radius 2 is 1.70 bits per heavy atom. The molecule has 2 aromatic rings. The van der Waals surface area contributed by atoms with Crippen molar-refractivity contribution in [3.63, 3.8) is 0 Å². The second kappa shape index (κ2) is 6.37. The summed E-state index contributed by atoms with van der Waals surface area (Å²) in [6, 6.07) is 9.06. The first kappa shape index (κ1) is 15.7. The molecule has 1 N–H and O–H groups in total. The van der Waals surface area contributed by atoms with Crippen molar-refractivity contribution in [3.8, 4) is 0 Å². The average molecular weight is 401 g/mol. The molecule has 106 valence electrons. The van der Waals surface area contributed by atoms with Crippen molar-refractivity contribution in [1.29, 1.82) is 0 Å². The summed E-state index contributed by atoms with van der Waals surface area (Å²) < 4.78 is 16.1. The minimum absolute atomic E-state index is 0.193. The van der Waals surface area contributed by atoms with Gasteiger partial charge in [0.1, 0.15) is 5.82 Å². The third-order valence-corrected chi connectivity index (χ3v) is 4.88. The van der Waals surface area contributed by atoms with E-state index in [1.165, 1.54) is 6.07 Å². The molecule has 0 heterocycles. The van der Waals surface area contributed by atoms with Crippen molar-refractivity contribution >= 4 is 31.9 Å². The van der Waals surface area contributed by atoms with Crippen LogP contribution in [-0.2, 0) is 0 Å². The van der Waals surface area contributed by atoms with Gasteiger partial charge in [0.15, 0.2) is 0 Å². The lowest BCUT2D eigenvalue weighted by Gasteiger charge is -2.21. The van der Waals surface area contributed by atoms with Crippen LogP contribution in [-0.4, -0.2) is 7.05 Å². The van der Waals surface area contributed by atoms with Crippen LogP contribution < -0.4 is 5.32 Å². The molecule has 0 bridgehead atoms.